The van der Waals surface area contributed by atoms with Gasteiger partial charge in [-0.25, -0.2) is 30.0 Å². The van der Waals surface area contributed by atoms with Crippen LogP contribution in [0, 0.1) is 0 Å². The quantitative estimate of drug-likeness (QED) is 0.116. The van der Waals surface area contributed by atoms with Crippen LogP contribution >= 0.6 is 0 Å². The minimum absolute atomic E-state index is 1.19. The fourth-order valence-corrected chi connectivity index (χ4v) is 4.58. The van der Waals surface area contributed by atoms with Gasteiger partial charge in [-0.05, 0) is 0 Å². The Morgan fingerprint density at radius 1 is 0.861 bits per heavy atom. The number of hydrogen-bond donors (Lipinski definition) is 5. The van der Waals surface area contributed by atoms with Crippen molar-refractivity contribution in [2.45, 2.75) is 61.3 Å². The van der Waals surface area contributed by atoms with Gasteiger partial charge in [0.2, 0.25) is 20.8 Å². The highest BCUT2D eigenvalue weighted by molar-refractivity contribution is 7.83. The van der Waals surface area contributed by atoms with E-state index in [-0.39, 0.29) is 0 Å². The van der Waals surface area contributed by atoms with Crippen molar-refractivity contribution in [3.63, 3.8) is 0 Å². The number of carboxylic acid groups (broad SMARTS) is 1. The number of nitrogens with one attached hydrogen (secondary N) is 1. The summed E-state index contributed by atoms with van der Waals surface area (Å²) in [4.78, 5) is 11.2. The summed E-state index contributed by atoms with van der Waals surface area (Å²) in [6.45, 7) is -1.39. The van der Waals surface area contributed by atoms with Gasteiger partial charge in [-0.3, -0.25) is 8.37 Å². The van der Waals surface area contributed by atoms with Crippen molar-refractivity contribution in [1.29, 1.82) is 0 Å². The molecule has 2 fully saturated rings. The Balaban J connectivity index is 2.46. The van der Waals surface area contributed by atoms with Gasteiger partial charge in [0.05, 0.1) is 12.6 Å². The van der Waals surface area contributed by atoms with Crippen molar-refractivity contribution >= 4 is 37.1 Å². The molecular weight excluding hydrogens is 574 g/mol. The SMILES string of the molecule is O=C([O-])[C@@H]1O[C@@H](O[C@H]2[C@H](O)[C@@H](NS(=O)(=O)[O-])C(O)O[C@@H]2COS(=O)(=O)[O-])[C@H](OS(=O)(=O)[O-])[C@@H](O)[C@@H]1O. The van der Waals surface area contributed by atoms with E-state index < -0.39 is 105 Å². The van der Waals surface area contributed by atoms with Gasteiger partial charge in [0.25, 0.3) is 0 Å². The Hall–Kier alpha value is -1.20. The minimum Gasteiger partial charge on any atom is -0.735 e. The van der Waals surface area contributed by atoms with Crippen molar-refractivity contribution in [3.05, 3.63) is 0 Å². The van der Waals surface area contributed by atoms with Gasteiger partial charge < -0.3 is 58.2 Å². The Labute approximate surface area is 201 Å². The van der Waals surface area contributed by atoms with Gasteiger partial charge in [-0.15, -0.1) is 0 Å². The third kappa shape index (κ3) is 8.41. The molecule has 0 amide bonds. The van der Waals surface area contributed by atoms with Gasteiger partial charge in [0.15, 0.2) is 29.0 Å². The zero-order valence-corrected chi connectivity index (χ0v) is 19.5. The van der Waals surface area contributed by atoms with E-state index in [4.69, 9.17) is 14.2 Å². The van der Waals surface area contributed by atoms with Crippen LogP contribution in [0.15, 0.2) is 0 Å². The Bertz CT molecular complexity index is 1100. The molecule has 2 aliphatic rings. The molecule has 0 saturated carbocycles. The van der Waals surface area contributed by atoms with E-state index in [0.717, 1.165) is 0 Å². The second-order valence-electron chi connectivity index (χ2n) is 7.14. The first-order valence-corrected chi connectivity index (χ1v) is 13.1. The van der Waals surface area contributed by atoms with Crippen molar-refractivity contribution in [3.8, 4) is 0 Å². The lowest BCUT2D eigenvalue weighted by Crippen LogP contribution is -2.68. The first-order valence-electron chi connectivity index (χ1n) is 9.07. The van der Waals surface area contributed by atoms with Gasteiger partial charge in [-0.1, -0.05) is 0 Å². The number of ether oxygens (including phenoxy) is 3. The molecule has 0 bridgehead atoms. The van der Waals surface area contributed by atoms with Crippen LogP contribution in [0.3, 0.4) is 0 Å². The molecule has 0 aromatic carbocycles. The summed E-state index contributed by atoms with van der Waals surface area (Å²) in [5.74, 6) is -2.22. The van der Waals surface area contributed by atoms with Crippen molar-refractivity contribution < 1.29 is 91.8 Å². The second kappa shape index (κ2) is 11.3. The molecule has 2 saturated heterocycles. The maximum Gasteiger partial charge on any atom is 0.218 e. The smallest absolute Gasteiger partial charge is 0.218 e. The highest BCUT2D eigenvalue weighted by atomic mass is 32.3. The molecule has 1 unspecified atom stereocenters. The van der Waals surface area contributed by atoms with Crippen LogP contribution in [0.2, 0.25) is 0 Å². The minimum atomic E-state index is -5.75. The highest BCUT2D eigenvalue weighted by Crippen LogP contribution is 2.31. The number of carboxylic acids is 1. The molecule has 0 aliphatic carbocycles. The predicted molar refractivity (Wildman–Crippen MR) is 94.3 cm³/mol. The molecule has 2 heterocycles. The molecule has 0 aromatic rings. The standard InChI is InChI=1S/C12H21NO20S3/c14-4-3(13-34(20,21)22)11(19)30-2(1-29-35(23,24)25)7(4)31-12-9(33-36(26,27)28)6(16)5(15)8(32-12)10(17)18/h2-9,11-16,19H,1H2,(H,17,18)(H,20,21,22)(H,23,24,25)(H,26,27,28)/p-4/t2-,3-,4-,5+,6+,7-,8-,9-,11?,12-/m1/s1. The summed E-state index contributed by atoms with van der Waals surface area (Å²) in [7, 11) is -16.7. The number of carbonyl (C=O) groups is 1. The van der Waals surface area contributed by atoms with Crippen LogP contribution in [0.4, 0.5) is 0 Å². The van der Waals surface area contributed by atoms with Gasteiger partial charge in [0.1, 0.15) is 42.7 Å². The number of carbonyl (C=O) groups excluding carboxylic acids is 1. The van der Waals surface area contributed by atoms with E-state index in [1.807, 2.05) is 0 Å². The molecule has 0 spiro atoms. The second-order valence-corrected chi connectivity index (χ2v) is 10.3. The molecule has 0 radical (unpaired) electrons. The lowest BCUT2D eigenvalue weighted by molar-refractivity contribution is -0.362. The molecule has 0 aromatic heterocycles. The Morgan fingerprint density at radius 2 is 1.44 bits per heavy atom. The number of rotatable bonds is 10. The van der Waals surface area contributed by atoms with E-state index >= 15 is 0 Å². The average molecular weight is 591 g/mol. The molecular formula is C12H17NO20S3-4. The van der Waals surface area contributed by atoms with Gasteiger partial charge in [-0.2, -0.15) is 0 Å². The lowest BCUT2D eigenvalue weighted by atomic mass is 9.96. The maximum absolute atomic E-state index is 11.2. The fraction of sp³-hybridized carbons (Fsp3) is 0.917. The Kier molecular flexibility index (Phi) is 9.71. The fourth-order valence-electron chi connectivity index (χ4n) is 3.22. The van der Waals surface area contributed by atoms with E-state index in [9.17, 15) is 69.2 Å². The maximum atomic E-state index is 11.2. The molecule has 10 atom stereocenters. The van der Waals surface area contributed by atoms with E-state index in [1.54, 1.807) is 0 Å². The third-order valence-corrected chi connectivity index (χ3v) is 6.09. The molecule has 21 nitrogen and oxygen atoms in total. The van der Waals surface area contributed by atoms with Gasteiger partial charge in [0, 0.05) is 0 Å². The van der Waals surface area contributed by atoms with Crippen molar-refractivity contribution in [2.24, 2.45) is 0 Å². The zero-order valence-electron chi connectivity index (χ0n) is 17.0. The third-order valence-electron chi connectivity index (χ3n) is 4.65. The van der Waals surface area contributed by atoms with E-state index in [2.05, 4.69) is 8.37 Å². The summed E-state index contributed by atoms with van der Waals surface area (Å²) in [6, 6.07) is -2.30. The van der Waals surface area contributed by atoms with Crippen LogP contribution in [0.25, 0.3) is 0 Å². The lowest BCUT2D eigenvalue weighted by Gasteiger charge is -2.47. The normalized spacial score (nSPS) is 38.5. The van der Waals surface area contributed by atoms with Crippen LogP contribution < -0.4 is 9.83 Å². The van der Waals surface area contributed by atoms with Crippen LogP contribution in [0.1, 0.15) is 0 Å². The van der Waals surface area contributed by atoms with E-state index in [0.29, 0.717) is 0 Å². The largest absolute Gasteiger partial charge is 0.735 e. The summed E-state index contributed by atoms with van der Waals surface area (Å²) in [5.41, 5.74) is 0. The summed E-state index contributed by atoms with van der Waals surface area (Å²) < 4.78 is 122. The number of hydrogen-bond acceptors (Lipinski definition) is 20. The molecule has 5 N–H and O–H groups in total. The van der Waals surface area contributed by atoms with Crippen LogP contribution in [-0.2, 0) is 58.5 Å². The van der Waals surface area contributed by atoms with Crippen molar-refractivity contribution in [2.75, 3.05) is 6.61 Å². The molecule has 2 aliphatic heterocycles. The number of aliphatic carboxylic acids is 1. The van der Waals surface area contributed by atoms with Crippen LogP contribution in [-0.4, -0.2) is 133 Å². The van der Waals surface area contributed by atoms with Gasteiger partial charge >= 0.3 is 0 Å². The summed E-state index contributed by atoms with van der Waals surface area (Å²) in [6.07, 6.45) is -22.1. The highest BCUT2D eigenvalue weighted by Gasteiger charge is 2.52. The Morgan fingerprint density at radius 3 is 1.92 bits per heavy atom. The summed E-state index contributed by atoms with van der Waals surface area (Å²) in [5, 5.41) is 51.5. The van der Waals surface area contributed by atoms with Crippen molar-refractivity contribution in [1.82, 2.24) is 4.72 Å². The molecule has 24 heteroatoms. The number of aliphatic hydroxyl groups is 4. The van der Waals surface area contributed by atoms with E-state index in [1.165, 1.54) is 4.72 Å². The first kappa shape index (κ1) is 31.0. The molecule has 2 rings (SSSR count). The summed E-state index contributed by atoms with van der Waals surface area (Å²) >= 11 is 0. The zero-order chi connectivity index (χ0) is 27.8. The molecule has 36 heavy (non-hydrogen) atoms. The monoisotopic (exact) mass is 591 g/mol. The predicted octanol–water partition coefficient (Wildman–Crippen LogP) is -8.61. The average Bonchev–Trinajstić information content (AvgIpc) is 2.68. The van der Waals surface area contributed by atoms with Crippen LogP contribution in [0.5, 0.6) is 0 Å². The number of aliphatic hydroxyl groups excluding tert-OH is 4. The topological polar surface area (TPSA) is 351 Å². The molecule has 212 valence electrons. The first-order chi connectivity index (χ1) is 16.2.